The Labute approximate surface area is 95.9 Å². The minimum atomic E-state index is -3.35. The van der Waals surface area contributed by atoms with Gasteiger partial charge in [-0.15, -0.1) is 0 Å². The van der Waals surface area contributed by atoms with Gasteiger partial charge in [-0.1, -0.05) is 13.8 Å². The van der Waals surface area contributed by atoms with Crippen molar-refractivity contribution in [2.45, 2.75) is 31.6 Å². The van der Waals surface area contributed by atoms with Gasteiger partial charge in [-0.3, -0.25) is 5.10 Å². The van der Waals surface area contributed by atoms with Crippen LogP contribution in [0.3, 0.4) is 0 Å². The molecule has 1 aliphatic heterocycles. The Bertz CT molecular complexity index is 450. The molecule has 2 heterocycles. The van der Waals surface area contributed by atoms with Crippen LogP contribution in [0, 0.1) is 5.41 Å². The van der Waals surface area contributed by atoms with Crippen LogP contribution in [-0.4, -0.2) is 36.0 Å². The lowest BCUT2D eigenvalue weighted by molar-refractivity contribution is 0.187. The van der Waals surface area contributed by atoms with Crippen LogP contribution in [0.25, 0.3) is 0 Å². The molecule has 1 aliphatic rings. The fraction of sp³-hybridized carbons (Fsp3) is 0.700. The quantitative estimate of drug-likeness (QED) is 0.849. The molecule has 90 valence electrons. The minimum absolute atomic E-state index is 0.0645. The summed E-state index contributed by atoms with van der Waals surface area (Å²) in [5, 5.41) is 6.23. The largest absolute Gasteiger partial charge is 0.284 e. The number of nitrogens with zero attached hydrogens (tertiary/aromatic N) is 2. The van der Waals surface area contributed by atoms with Gasteiger partial charge in [0.2, 0.25) is 10.0 Å². The summed E-state index contributed by atoms with van der Waals surface area (Å²) in [6.45, 7) is 5.39. The highest BCUT2D eigenvalue weighted by Gasteiger charge is 2.34. The molecule has 0 bridgehead atoms. The van der Waals surface area contributed by atoms with Crippen molar-refractivity contribution in [3.8, 4) is 0 Å². The number of hydrogen-bond acceptors (Lipinski definition) is 3. The topological polar surface area (TPSA) is 66.1 Å². The molecule has 2 rings (SSSR count). The van der Waals surface area contributed by atoms with Crippen LogP contribution in [0.1, 0.15) is 26.7 Å². The highest BCUT2D eigenvalue weighted by molar-refractivity contribution is 7.89. The number of rotatable bonds is 2. The van der Waals surface area contributed by atoms with Crippen LogP contribution in [0.15, 0.2) is 17.3 Å². The van der Waals surface area contributed by atoms with Crippen LogP contribution in [0.2, 0.25) is 0 Å². The van der Waals surface area contributed by atoms with E-state index in [0.717, 1.165) is 12.8 Å². The van der Waals surface area contributed by atoms with Crippen LogP contribution in [0.5, 0.6) is 0 Å². The SMILES string of the molecule is CC1(C)CCCN(S(=O)(=O)c2cn[nH]c2)C1. The van der Waals surface area contributed by atoms with E-state index in [0.29, 0.717) is 13.1 Å². The van der Waals surface area contributed by atoms with Crippen LogP contribution in [0.4, 0.5) is 0 Å². The lowest BCUT2D eigenvalue weighted by atomic mass is 9.85. The third kappa shape index (κ3) is 2.12. The number of aromatic amines is 1. The van der Waals surface area contributed by atoms with Crippen LogP contribution >= 0.6 is 0 Å². The Morgan fingerprint density at radius 1 is 1.50 bits per heavy atom. The van der Waals surface area contributed by atoms with Gasteiger partial charge >= 0.3 is 0 Å². The molecule has 0 unspecified atom stereocenters. The van der Waals surface area contributed by atoms with Gasteiger partial charge in [-0.25, -0.2) is 8.42 Å². The lowest BCUT2D eigenvalue weighted by Crippen LogP contribution is -2.43. The molecule has 5 nitrogen and oxygen atoms in total. The molecule has 1 fully saturated rings. The maximum absolute atomic E-state index is 12.2. The number of H-pyrrole nitrogens is 1. The second kappa shape index (κ2) is 3.85. The molecule has 0 aliphatic carbocycles. The second-order valence-electron chi connectivity index (χ2n) is 5.04. The first-order valence-electron chi connectivity index (χ1n) is 5.41. The van der Waals surface area contributed by atoms with Gasteiger partial charge in [0, 0.05) is 19.3 Å². The Morgan fingerprint density at radius 3 is 2.81 bits per heavy atom. The molecule has 0 aromatic carbocycles. The van der Waals surface area contributed by atoms with E-state index in [1.165, 1.54) is 12.4 Å². The Balaban J connectivity index is 2.25. The van der Waals surface area contributed by atoms with Crippen molar-refractivity contribution in [2.24, 2.45) is 5.41 Å². The van der Waals surface area contributed by atoms with Gasteiger partial charge in [0.25, 0.3) is 0 Å². The molecular weight excluding hydrogens is 226 g/mol. The third-order valence-electron chi connectivity index (χ3n) is 2.98. The highest BCUT2D eigenvalue weighted by atomic mass is 32.2. The predicted octanol–water partition coefficient (Wildman–Crippen LogP) is 1.22. The molecule has 1 aromatic rings. The number of aromatic nitrogens is 2. The third-order valence-corrected chi connectivity index (χ3v) is 4.79. The average Bonchev–Trinajstić information content (AvgIpc) is 2.69. The van der Waals surface area contributed by atoms with Crippen molar-refractivity contribution < 1.29 is 8.42 Å². The maximum atomic E-state index is 12.2. The van der Waals surface area contributed by atoms with E-state index in [9.17, 15) is 8.42 Å². The summed E-state index contributed by atoms with van der Waals surface area (Å²) in [6, 6.07) is 0. The summed E-state index contributed by atoms with van der Waals surface area (Å²) in [5.41, 5.74) is 0.0645. The van der Waals surface area contributed by atoms with E-state index >= 15 is 0 Å². The second-order valence-corrected chi connectivity index (χ2v) is 6.98. The molecule has 1 saturated heterocycles. The summed E-state index contributed by atoms with van der Waals surface area (Å²) in [5.74, 6) is 0. The first-order valence-corrected chi connectivity index (χ1v) is 6.85. The molecule has 1 aromatic heterocycles. The zero-order chi connectivity index (χ0) is 11.8. The summed E-state index contributed by atoms with van der Waals surface area (Å²) >= 11 is 0. The fourth-order valence-electron chi connectivity index (χ4n) is 2.10. The smallest absolute Gasteiger partial charge is 0.246 e. The number of sulfonamides is 1. The Kier molecular flexibility index (Phi) is 2.79. The molecule has 6 heteroatoms. The standard InChI is InChI=1S/C10H17N3O2S/c1-10(2)4-3-5-13(8-10)16(14,15)9-6-11-12-7-9/h6-7H,3-5,8H2,1-2H3,(H,11,12). The first kappa shape index (κ1) is 11.6. The van der Waals surface area contributed by atoms with E-state index < -0.39 is 10.0 Å². The van der Waals surface area contributed by atoms with E-state index in [1.54, 1.807) is 4.31 Å². The molecule has 0 radical (unpaired) electrons. The van der Waals surface area contributed by atoms with Crippen molar-refractivity contribution in [1.29, 1.82) is 0 Å². The lowest BCUT2D eigenvalue weighted by Gasteiger charge is -2.36. The number of nitrogens with one attached hydrogen (secondary N) is 1. The van der Waals surface area contributed by atoms with Crippen molar-refractivity contribution in [2.75, 3.05) is 13.1 Å². The average molecular weight is 243 g/mol. The minimum Gasteiger partial charge on any atom is -0.284 e. The van der Waals surface area contributed by atoms with Crippen molar-refractivity contribution in [3.63, 3.8) is 0 Å². The number of hydrogen-bond donors (Lipinski definition) is 1. The highest BCUT2D eigenvalue weighted by Crippen LogP contribution is 2.31. The summed E-state index contributed by atoms with van der Waals surface area (Å²) in [7, 11) is -3.35. The van der Waals surface area contributed by atoms with E-state index in [2.05, 4.69) is 24.0 Å². The van der Waals surface area contributed by atoms with Crippen molar-refractivity contribution in [3.05, 3.63) is 12.4 Å². The fourth-order valence-corrected chi connectivity index (χ4v) is 3.68. The zero-order valence-electron chi connectivity index (χ0n) is 9.60. The summed E-state index contributed by atoms with van der Waals surface area (Å²) in [6.07, 6.45) is 4.78. The van der Waals surface area contributed by atoms with Gasteiger partial charge in [-0.2, -0.15) is 9.40 Å². The van der Waals surface area contributed by atoms with E-state index in [-0.39, 0.29) is 10.3 Å². The predicted molar refractivity (Wildman–Crippen MR) is 60.4 cm³/mol. The van der Waals surface area contributed by atoms with Crippen LogP contribution in [-0.2, 0) is 10.0 Å². The maximum Gasteiger partial charge on any atom is 0.246 e. The summed E-state index contributed by atoms with van der Waals surface area (Å²) < 4.78 is 26.0. The molecular formula is C10H17N3O2S. The first-order chi connectivity index (χ1) is 7.42. The Morgan fingerprint density at radius 2 is 2.25 bits per heavy atom. The van der Waals surface area contributed by atoms with Gasteiger partial charge in [-0.05, 0) is 18.3 Å². The normalized spacial score (nSPS) is 22.1. The van der Waals surface area contributed by atoms with Gasteiger partial charge in [0.15, 0.2) is 0 Å². The van der Waals surface area contributed by atoms with Gasteiger partial charge in [0.1, 0.15) is 4.90 Å². The molecule has 0 saturated carbocycles. The molecule has 0 amide bonds. The van der Waals surface area contributed by atoms with Crippen molar-refractivity contribution >= 4 is 10.0 Å². The molecule has 16 heavy (non-hydrogen) atoms. The van der Waals surface area contributed by atoms with Crippen LogP contribution < -0.4 is 0 Å². The zero-order valence-corrected chi connectivity index (χ0v) is 10.4. The molecule has 0 spiro atoms. The van der Waals surface area contributed by atoms with Crippen molar-refractivity contribution in [1.82, 2.24) is 14.5 Å². The molecule has 0 atom stereocenters. The van der Waals surface area contributed by atoms with E-state index in [1.807, 2.05) is 0 Å². The van der Waals surface area contributed by atoms with Gasteiger partial charge < -0.3 is 0 Å². The Hall–Kier alpha value is -0.880. The van der Waals surface area contributed by atoms with E-state index in [4.69, 9.17) is 0 Å². The summed E-state index contributed by atoms with van der Waals surface area (Å²) in [4.78, 5) is 0.255. The monoisotopic (exact) mass is 243 g/mol. The number of piperidine rings is 1. The molecule has 1 N–H and O–H groups in total. The van der Waals surface area contributed by atoms with Gasteiger partial charge in [0.05, 0.1) is 6.20 Å².